The van der Waals surface area contributed by atoms with E-state index in [0.29, 0.717) is 0 Å². The van der Waals surface area contributed by atoms with Gasteiger partial charge in [0, 0.05) is 31.5 Å². The van der Waals surface area contributed by atoms with Gasteiger partial charge in [0.1, 0.15) is 0 Å². The van der Waals surface area contributed by atoms with Crippen LogP contribution in [0, 0.1) is 13.8 Å². The van der Waals surface area contributed by atoms with E-state index in [-0.39, 0.29) is 0 Å². The van der Waals surface area contributed by atoms with Crippen LogP contribution in [0.3, 0.4) is 0 Å². The quantitative estimate of drug-likeness (QED) is 0.759. The molecule has 4 nitrogen and oxygen atoms in total. The minimum Gasteiger partial charge on any atom is -0.385 e. The van der Waals surface area contributed by atoms with Crippen LogP contribution in [-0.2, 0) is 11.3 Å². The van der Waals surface area contributed by atoms with Gasteiger partial charge in [0.05, 0.1) is 11.4 Å². The van der Waals surface area contributed by atoms with E-state index in [4.69, 9.17) is 4.74 Å². The smallest absolute Gasteiger partial charge is 0.0648 e. The average Bonchev–Trinajstić information content (AvgIpc) is 2.79. The lowest BCUT2D eigenvalue weighted by Crippen LogP contribution is -2.16. The molecule has 0 spiro atoms. The van der Waals surface area contributed by atoms with Crippen molar-refractivity contribution in [2.24, 2.45) is 0 Å². The van der Waals surface area contributed by atoms with Gasteiger partial charge in [-0.05, 0) is 45.4 Å². The molecule has 0 aliphatic heterocycles. The number of hydrogen-bond acceptors (Lipinski definition) is 3. The molecule has 0 amide bonds. The maximum Gasteiger partial charge on any atom is 0.0648 e. The molecule has 0 fully saturated rings. The summed E-state index contributed by atoms with van der Waals surface area (Å²) in [4.78, 5) is 0. The van der Waals surface area contributed by atoms with E-state index in [0.717, 1.165) is 43.9 Å². The van der Waals surface area contributed by atoms with E-state index >= 15 is 0 Å². The topological polar surface area (TPSA) is 39.1 Å². The lowest BCUT2D eigenvalue weighted by molar-refractivity contribution is 0.192. The number of nitrogens with one attached hydrogen (secondary N) is 1. The summed E-state index contributed by atoms with van der Waals surface area (Å²) in [6, 6.07) is 10.3. The van der Waals surface area contributed by atoms with Crippen LogP contribution >= 0.6 is 0 Å². The molecular formula is C17H25N3O. The third-order valence-corrected chi connectivity index (χ3v) is 3.70. The van der Waals surface area contributed by atoms with Gasteiger partial charge >= 0.3 is 0 Å². The molecule has 114 valence electrons. The monoisotopic (exact) mass is 287 g/mol. The van der Waals surface area contributed by atoms with E-state index in [1.54, 1.807) is 7.11 Å². The Hall–Kier alpha value is -1.65. The van der Waals surface area contributed by atoms with Crippen molar-refractivity contribution in [3.05, 3.63) is 47.3 Å². The van der Waals surface area contributed by atoms with Crippen LogP contribution in [-0.4, -0.2) is 30.0 Å². The molecule has 1 heterocycles. The number of benzene rings is 1. The molecule has 2 rings (SSSR count). The van der Waals surface area contributed by atoms with E-state index in [1.165, 1.54) is 11.3 Å². The summed E-state index contributed by atoms with van der Waals surface area (Å²) in [5.41, 5.74) is 4.72. The Balaban J connectivity index is 1.96. The summed E-state index contributed by atoms with van der Waals surface area (Å²) in [7, 11) is 1.75. The molecule has 0 radical (unpaired) electrons. The van der Waals surface area contributed by atoms with Gasteiger partial charge in [-0.1, -0.05) is 18.2 Å². The zero-order chi connectivity index (χ0) is 15.1. The van der Waals surface area contributed by atoms with Gasteiger partial charge in [-0.2, -0.15) is 5.10 Å². The van der Waals surface area contributed by atoms with E-state index in [9.17, 15) is 0 Å². The van der Waals surface area contributed by atoms with Crippen LogP contribution in [0.4, 0.5) is 0 Å². The first-order valence-corrected chi connectivity index (χ1v) is 7.54. The molecule has 0 saturated heterocycles. The van der Waals surface area contributed by atoms with E-state index in [1.807, 2.05) is 22.9 Å². The van der Waals surface area contributed by atoms with Crippen molar-refractivity contribution in [3.8, 4) is 5.69 Å². The predicted octanol–water partition coefficient (Wildman–Crippen LogP) is 3.01. The van der Waals surface area contributed by atoms with Gasteiger partial charge in [0.25, 0.3) is 0 Å². The highest BCUT2D eigenvalue weighted by Gasteiger charge is 2.11. The van der Waals surface area contributed by atoms with Gasteiger partial charge in [-0.25, -0.2) is 4.68 Å². The van der Waals surface area contributed by atoms with Crippen molar-refractivity contribution in [3.63, 3.8) is 0 Å². The second-order valence-corrected chi connectivity index (χ2v) is 5.27. The number of aryl methyl sites for hydroxylation is 1. The fourth-order valence-electron chi connectivity index (χ4n) is 2.46. The molecule has 0 saturated carbocycles. The summed E-state index contributed by atoms with van der Waals surface area (Å²) >= 11 is 0. The zero-order valence-corrected chi connectivity index (χ0v) is 13.2. The number of aromatic nitrogens is 2. The molecular weight excluding hydrogens is 262 g/mol. The number of methoxy groups -OCH3 is 1. The van der Waals surface area contributed by atoms with Gasteiger partial charge in [-0.3, -0.25) is 0 Å². The van der Waals surface area contributed by atoms with Crippen molar-refractivity contribution in [2.75, 3.05) is 20.3 Å². The molecule has 1 aromatic heterocycles. The third kappa shape index (κ3) is 4.16. The molecule has 0 bridgehead atoms. The van der Waals surface area contributed by atoms with Gasteiger partial charge in [-0.15, -0.1) is 0 Å². The van der Waals surface area contributed by atoms with Crippen LogP contribution < -0.4 is 5.32 Å². The van der Waals surface area contributed by atoms with Crippen molar-refractivity contribution >= 4 is 0 Å². The number of para-hydroxylation sites is 1. The lowest BCUT2D eigenvalue weighted by Gasteiger charge is -2.07. The number of rotatable bonds is 8. The van der Waals surface area contributed by atoms with Crippen LogP contribution in [0.2, 0.25) is 0 Å². The summed E-state index contributed by atoms with van der Waals surface area (Å²) in [5, 5.41) is 8.16. The van der Waals surface area contributed by atoms with Gasteiger partial charge in [0.15, 0.2) is 0 Å². The highest BCUT2D eigenvalue weighted by Crippen LogP contribution is 2.17. The van der Waals surface area contributed by atoms with Crippen LogP contribution in [0.1, 0.15) is 29.8 Å². The second kappa shape index (κ2) is 7.96. The van der Waals surface area contributed by atoms with Crippen LogP contribution in [0.25, 0.3) is 5.69 Å². The Morgan fingerprint density at radius 2 is 1.90 bits per heavy atom. The summed E-state index contributed by atoms with van der Waals surface area (Å²) in [5.74, 6) is 0. The predicted molar refractivity (Wildman–Crippen MR) is 85.9 cm³/mol. The first-order valence-electron chi connectivity index (χ1n) is 7.54. The number of unbranched alkanes of at least 4 members (excludes halogenated alkanes) is 1. The first-order chi connectivity index (χ1) is 10.2. The fraction of sp³-hybridized carbons (Fsp3) is 0.471. The SMILES string of the molecule is COCCCCNCc1c(C)nn(-c2ccccc2)c1C. The Labute approximate surface area is 127 Å². The molecule has 1 aromatic carbocycles. The molecule has 21 heavy (non-hydrogen) atoms. The molecule has 1 N–H and O–H groups in total. The third-order valence-electron chi connectivity index (χ3n) is 3.70. The first kappa shape index (κ1) is 15.7. The minimum atomic E-state index is 0.839. The molecule has 0 unspecified atom stereocenters. The average molecular weight is 287 g/mol. The van der Waals surface area contributed by atoms with Crippen molar-refractivity contribution in [2.45, 2.75) is 33.2 Å². The zero-order valence-electron chi connectivity index (χ0n) is 13.2. The number of nitrogens with zero attached hydrogens (tertiary/aromatic N) is 2. The maximum absolute atomic E-state index is 5.06. The van der Waals surface area contributed by atoms with Gasteiger partial charge < -0.3 is 10.1 Å². The Bertz CT molecular complexity index is 549. The van der Waals surface area contributed by atoms with Crippen molar-refractivity contribution in [1.82, 2.24) is 15.1 Å². The second-order valence-electron chi connectivity index (χ2n) is 5.27. The summed E-state index contributed by atoms with van der Waals surface area (Å²) in [6.07, 6.45) is 2.24. The minimum absolute atomic E-state index is 0.839. The van der Waals surface area contributed by atoms with E-state index < -0.39 is 0 Å². The van der Waals surface area contributed by atoms with Crippen molar-refractivity contribution in [1.29, 1.82) is 0 Å². The molecule has 2 aromatic rings. The maximum atomic E-state index is 5.06. The molecule has 0 atom stereocenters. The number of hydrogen-bond donors (Lipinski definition) is 1. The highest BCUT2D eigenvalue weighted by atomic mass is 16.5. The standard InChI is InChI=1S/C17H25N3O/c1-14-17(13-18-11-7-8-12-21-3)15(2)20(19-14)16-9-5-4-6-10-16/h4-6,9-10,18H,7-8,11-13H2,1-3H3. The Morgan fingerprint density at radius 1 is 1.14 bits per heavy atom. The van der Waals surface area contributed by atoms with E-state index in [2.05, 4.69) is 36.4 Å². The van der Waals surface area contributed by atoms with Crippen molar-refractivity contribution < 1.29 is 4.74 Å². The number of ether oxygens (including phenoxy) is 1. The Kier molecular flexibility index (Phi) is 5.96. The summed E-state index contributed by atoms with van der Waals surface area (Å²) < 4.78 is 7.08. The molecule has 0 aliphatic rings. The van der Waals surface area contributed by atoms with Crippen LogP contribution in [0.5, 0.6) is 0 Å². The highest BCUT2D eigenvalue weighted by molar-refractivity contribution is 5.36. The molecule has 4 heteroatoms. The van der Waals surface area contributed by atoms with Gasteiger partial charge in [0.2, 0.25) is 0 Å². The fourth-order valence-corrected chi connectivity index (χ4v) is 2.46. The van der Waals surface area contributed by atoms with Crippen LogP contribution in [0.15, 0.2) is 30.3 Å². The molecule has 0 aliphatic carbocycles. The Morgan fingerprint density at radius 3 is 2.62 bits per heavy atom. The normalized spacial score (nSPS) is 11.0. The lowest BCUT2D eigenvalue weighted by atomic mass is 10.2. The summed E-state index contributed by atoms with van der Waals surface area (Å²) in [6.45, 7) is 6.94. The largest absolute Gasteiger partial charge is 0.385 e.